The van der Waals surface area contributed by atoms with Gasteiger partial charge in [-0.3, -0.25) is 4.79 Å². The van der Waals surface area contributed by atoms with Gasteiger partial charge in [-0.05, 0) is 44.0 Å². The van der Waals surface area contributed by atoms with Gasteiger partial charge in [0.05, 0.1) is 6.42 Å². The molecule has 0 saturated carbocycles. The van der Waals surface area contributed by atoms with E-state index in [0.29, 0.717) is 18.0 Å². The lowest BCUT2D eigenvalue weighted by Gasteiger charge is -2.30. The Morgan fingerprint density at radius 1 is 1.41 bits per heavy atom. The van der Waals surface area contributed by atoms with Gasteiger partial charge < -0.3 is 10.0 Å². The van der Waals surface area contributed by atoms with Gasteiger partial charge in [-0.15, -0.1) is 11.3 Å². The van der Waals surface area contributed by atoms with Crippen LogP contribution in [0, 0.1) is 5.92 Å². The van der Waals surface area contributed by atoms with E-state index in [1.54, 1.807) is 6.07 Å². The lowest BCUT2D eigenvalue weighted by atomic mass is 9.99. The van der Waals surface area contributed by atoms with E-state index in [-0.39, 0.29) is 10.6 Å². The molecule has 2 heterocycles. The Kier molecular flexibility index (Phi) is 5.96. The second-order valence-corrected chi connectivity index (χ2v) is 8.88. The Balaban J connectivity index is 1.83. The number of sulfonamides is 1. The van der Waals surface area contributed by atoms with Crippen molar-refractivity contribution >= 4 is 27.3 Å². The van der Waals surface area contributed by atoms with Crippen molar-refractivity contribution < 1.29 is 18.3 Å². The van der Waals surface area contributed by atoms with Gasteiger partial charge in [-0.2, -0.15) is 0 Å². The highest BCUT2D eigenvalue weighted by Crippen LogP contribution is 2.22. The molecule has 1 aromatic heterocycles. The lowest BCUT2D eigenvalue weighted by Crippen LogP contribution is -2.39. The number of nitrogens with zero attached hydrogens (tertiary/aromatic N) is 1. The van der Waals surface area contributed by atoms with E-state index in [9.17, 15) is 13.2 Å². The number of hydrogen-bond donors (Lipinski definition) is 2. The van der Waals surface area contributed by atoms with Gasteiger partial charge in [-0.25, -0.2) is 13.1 Å². The van der Waals surface area contributed by atoms with E-state index >= 15 is 0 Å². The number of hydrogen-bond acceptors (Lipinski definition) is 5. The van der Waals surface area contributed by atoms with Crippen molar-refractivity contribution in [2.24, 2.45) is 5.92 Å². The summed E-state index contributed by atoms with van der Waals surface area (Å²) < 4.78 is 27.1. The number of likely N-dealkylation sites (tertiary alicyclic amines) is 1. The summed E-state index contributed by atoms with van der Waals surface area (Å²) in [5.74, 6) is -0.204. The van der Waals surface area contributed by atoms with Gasteiger partial charge in [-0.1, -0.05) is 6.92 Å². The molecular formula is C14H22N2O4S2. The largest absolute Gasteiger partial charge is 0.481 e. The summed E-state index contributed by atoms with van der Waals surface area (Å²) in [6, 6.07) is 3.02. The van der Waals surface area contributed by atoms with Crippen LogP contribution in [0.1, 0.15) is 24.6 Å². The summed E-state index contributed by atoms with van der Waals surface area (Å²) in [6.07, 6.45) is 2.18. The van der Waals surface area contributed by atoms with Crippen molar-refractivity contribution in [2.75, 3.05) is 26.2 Å². The van der Waals surface area contributed by atoms with Crippen molar-refractivity contribution in [2.45, 2.75) is 30.4 Å². The first-order valence-electron chi connectivity index (χ1n) is 7.39. The normalized spacial score (nSPS) is 17.7. The molecule has 1 aliphatic rings. The van der Waals surface area contributed by atoms with Crippen LogP contribution >= 0.6 is 11.3 Å². The van der Waals surface area contributed by atoms with Crippen LogP contribution in [0.2, 0.25) is 0 Å². The maximum absolute atomic E-state index is 12.2. The van der Waals surface area contributed by atoms with Gasteiger partial charge in [0.2, 0.25) is 10.0 Å². The van der Waals surface area contributed by atoms with Crippen LogP contribution < -0.4 is 4.72 Å². The van der Waals surface area contributed by atoms with E-state index in [0.717, 1.165) is 43.2 Å². The first-order chi connectivity index (χ1) is 10.4. The maximum Gasteiger partial charge on any atom is 0.308 e. The van der Waals surface area contributed by atoms with E-state index in [1.165, 1.54) is 6.07 Å². The second kappa shape index (κ2) is 7.54. The fourth-order valence-electron chi connectivity index (χ4n) is 2.44. The molecule has 0 spiro atoms. The summed E-state index contributed by atoms with van der Waals surface area (Å²) in [4.78, 5) is 13.4. The summed E-state index contributed by atoms with van der Waals surface area (Å²) >= 11 is 1.01. The lowest BCUT2D eigenvalue weighted by molar-refractivity contribution is -0.136. The molecule has 0 aliphatic carbocycles. The number of piperidine rings is 1. The van der Waals surface area contributed by atoms with Crippen LogP contribution in [-0.2, 0) is 21.2 Å². The number of nitrogens with one attached hydrogen (secondary N) is 1. The third-order valence-electron chi connectivity index (χ3n) is 3.82. The van der Waals surface area contributed by atoms with Crippen LogP contribution in [-0.4, -0.2) is 50.6 Å². The molecule has 0 aromatic carbocycles. The molecule has 1 fully saturated rings. The molecule has 22 heavy (non-hydrogen) atoms. The Morgan fingerprint density at radius 3 is 2.73 bits per heavy atom. The molecule has 124 valence electrons. The maximum atomic E-state index is 12.2. The Hall–Kier alpha value is -0.960. The third kappa shape index (κ3) is 5.05. The summed E-state index contributed by atoms with van der Waals surface area (Å²) in [6.45, 7) is 5.36. The predicted octanol–water partition coefficient (Wildman–Crippen LogP) is 1.39. The number of thiophene rings is 1. The highest BCUT2D eigenvalue weighted by atomic mass is 32.2. The molecule has 0 radical (unpaired) electrons. The van der Waals surface area contributed by atoms with Gasteiger partial charge in [0.25, 0.3) is 0 Å². The zero-order chi connectivity index (χ0) is 16.2. The second-order valence-electron chi connectivity index (χ2n) is 5.71. The molecule has 1 aromatic rings. The monoisotopic (exact) mass is 346 g/mol. The topological polar surface area (TPSA) is 86.7 Å². The zero-order valence-electron chi connectivity index (χ0n) is 12.6. The van der Waals surface area contributed by atoms with Crippen molar-refractivity contribution in [3.05, 3.63) is 17.0 Å². The minimum Gasteiger partial charge on any atom is -0.481 e. The van der Waals surface area contributed by atoms with Crippen molar-refractivity contribution in [1.29, 1.82) is 0 Å². The van der Waals surface area contributed by atoms with Gasteiger partial charge in [0.1, 0.15) is 4.21 Å². The van der Waals surface area contributed by atoms with E-state index in [4.69, 9.17) is 5.11 Å². The molecule has 1 saturated heterocycles. The summed E-state index contributed by atoms with van der Waals surface area (Å²) in [7, 11) is -3.54. The molecule has 1 aliphatic heterocycles. The van der Waals surface area contributed by atoms with Crippen LogP contribution in [0.5, 0.6) is 0 Å². The van der Waals surface area contributed by atoms with E-state index in [2.05, 4.69) is 16.5 Å². The first kappa shape index (κ1) is 17.4. The quantitative estimate of drug-likeness (QED) is 0.779. The van der Waals surface area contributed by atoms with Crippen molar-refractivity contribution in [3.63, 3.8) is 0 Å². The number of carbonyl (C=O) groups is 1. The number of carboxylic acid groups (broad SMARTS) is 1. The third-order valence-corrected chi connectivity index (χ3v) is 6.86. The summed E-state index contributed by atoms with van der Waals surface area (Å²) in [5, 5.41) is 8.72. The van der Waals surface area contributed by atoms with Crippen LogP contribution in [0.3, 0.4) is 0 Å². The fourth-order valence-corrected chi connectivity index (χ4v) is 4.85. The molecule has 0 bridgehead atoms. The molecule has 2 N–H and O–H groups in total. The minimum absolute atomic E-state index is 0.147. The fraction of sp³-hybridized carbons (Fsp3) is 0.643. The molecular weight excluding hydrogens is 324 g/mol. The molecule has 2 rings (SSSR count). The van der Waals surface area contributed by atoms with Gasteiger partial charge in [0.15, 0.2) is 0 Å². The van der Waals surface area contributed by atoms with E-state index < -0.39 is 16.0 Å². The first-order valence-corrected chi connectivity index (χ1v) is 9.69. The Labute approximate surface area is 135 Å². The molecule has 0 amide bonds. The van der Waals surface area contributed by atoms with Crippen LogP contribution in [0.4, 0.5) is 0 Å². The summed E-state index contributed by atoms with van der Waals surface area (Å²) in [5.41, 5.74) is 0. The SMILES string of the molecule is CC1CCN(CCNS(=O)(=O)c2ccc(CC(=O)O)s2)CC1. The number of carboxylic acids is 1. The van der Waals surface area contributed by atoms with Crippen molar-refractivity contribution in [3.8, 4) is 0 Å². The van der Waals surface area contributed by atoms with Crippen molar-refractivity contribution in [1.82, 2.24) is 9.62 Å². The highest BCUT2D eigenvalue weighted by Gasteiger charge is 2.19. The highest BCUT2D eigenvalue weighted by molar-refractivity contribution is 7.91. The molecule has 0 unspecified atom stereocenters. The van der Waals surface area contributed by atoms with Crippen LogP contribution in [0.25, 0.3) is 0 Å². The molecule has 6 nitrogen and oxygen atoms in total. The van der Waals surface area contributed by atoms with E-state index in [1.807, 2.05) is 0 Å². The smallest absolute Gasteiger partial charge is 0.308 e. The Morgan fingerprint density at radius 2 is 2.09 bits per heavy atom. The number of aliphatic carboxylic acids is 1. The average molecular weight is 346 g/mol. The molecule has 0 atom stereocenters. The average Bonchev–Trinajstić information content (AvgIpc) is 2.89. The predicted molar refractivity (Wildman–Crippen MR) is 85.7 cm³/mol. The van der Waals surface area contributed by atoms with Gasteiger partial charge >= 0.3 is 5.97 Å². The minimum atomic E-state index is -3.54. The van der Waals surface area contributed by atoms with Crippen LogP contribution in [0.15, 0.2) is 16.3 Å². The standard InChI is InChI=1S/C14H22N2O4S2/c1-11-4-7-16(8-5-11)9-6-15-22(19,20)14-3-2-12(21-14)10-13(17)18/h2-3,11,15H,4-10H2,1H3,(H,17,18). The Bertz CT molecular complexity index is 604. The zero-order valence-corrected chi connectivity index (χ0v) is 14.3. The number of rotatable bonds is 7. The van der Waals surface area contributed by atoms with Gasteiger partial charge in [0, 0.05) is 18.0 Å². The molecule has 8 heteroatoms.